The molecule has 4 aromatic carbocycles. The Kier molecular flexibility index (Phi) is 7.49. The highest BCUT2D eigenvalue weighted by molar-refractivity contribution is 5.69. The second-order valence-electron chi connectivity index (χ2n) is 6.03. The van der Waals surface area contributed by atoms with Crippen molar-refractivity contribution in [2.24, 2.45) is 10.2 Å². The molecule has 0 aromatic heterocycles. The van der Waals surface area contributed by atoms with E-state index in [4.69, 9.17) is 0 Å². The van der Waals surface area contributed by atoms with Crippen LogP contribution in [0.25, 0.3) is 12.2 Å². The minimum atomic E-state index is 0.872. The molecule has 0 heterocycles. The normalized spacial score (nSPS) is 10.6. The summed E-state index contributed by atoms with van der Waals surface area (Å²) in [6.45, 7) is 0. The quantitative estimate of drug-likeness (QED) is 0.260. The molecule has 4 aromatic rings. The molecule has 0 unspecified atom stereocenters. The lowest BCUT2D eigenvalue weighted by Crippen LogP contribution is -1.70. The second kappa shape index (κ2) is 11.0. The Balaban J connectivity index is 0.000000161. The zero-order chi connectivity index (χ0) is 19.3. The SMILES string of the molecule is C(=Cc1ccccc1)c1ccccc1.c1ccc(N=Nc2ccccc2)cc1. The van der Waals surface area contributed by atoms with Crippen LogP contribution in [0, 0.1) is 0 Å². The molecule has 0 saturated carbocycles. The van der Waals surface area contributed by atoms with E-state index in [0.717, 1.165) is 11.4 Å². The predicted molar refractivity (Wildman–Crippen MR) is 119 cm³/mol. The van der Waals surface area contributed by atoms with E-state index in [9.17, 15) is 0 Å². The summed E-state index contributed by atoms with van der Waals surface area (Å²) in [7, 11) is 0. The van der Waals surface area contributed by atoms with Crippen molar-refractivity contribution in [1.29, 1.82) is 0 Å². The smallest absolute Gasteiger partial charge is 0.0857 e. The van der Waals surface area contributed by atoms with Gasteiger partial charge in [0, 0.05) is 0 Å². The van der Waals surface area contributed by atoms with Crippen molar-refractivity contribution in [3.05, 3.63) is 132 Å². The highest BCUT2D eigenvalue weighted by Gasteiger charge is 1.87. The van der Waals surface area contributed by atoms with E-state index in [-0.39, 0.29) is 0 Å². The maximum absolute atomic E-state index is 4.10. The lowest BCUT2D eigenvalue weighted by atomic mass is 10.1. The van der Waals surface area contributed by atoms with Gasteiger partial charge in [-0.2, -0.15) is 10.2 Å². The van der Waals surface area contributed by atoms with Gasteiger partial charge in [-0.3, -0.25) is 0 Å². The Hall–Kier alpha value is -3.78. The summed E-state index contributed by atoms with van der Waals surface area (Å²) >= 11 is 0. The molecule has 0 aliphatic carbocycles. The summed E-state index contributed by atoms with van der Waals surface area (Å²) in [5.41, 5.74) is 4.21. The zero-order valence-corrected chi connectivity index (χ0v) is 15.6. The zero-order valence-electron chi connectivity index (χ0n) is 15.6. The van der Waals surface area contributed by atoms with Crippen LogP contribution < -0.4 is 0 Å². The van der Waals surface area contributed by atoms with Gasteiger partial charge in [0.25, 0.3) is 0 Å². The first-order valence-corrected chi connectivity index (χ1v) is 9.20. The van der Waals surface area contributed by atoms with Crippen LogP contribution in [-0.2, 0) is 0 Å². The van der Waals surface area contributed by atoms with Crippen molar-refractivity contribution in [1.82, 2.24) is 0 Å². The Morgan fingerprint density at radius 1 is 0.357 bits per heavy atom. The topological polar surface area (TPSA) is 24.7 Å². The summed E-state index contributed by atoms with van der Waals surface area (Å²) in [6, 6.07) is 40.0. The van der Waals surface area contributed by atoms with Crippen LogP contribution in [0.1, 0.15) is 11.1 Å². The van der Waals surface area contributed by atoms with E-state index >= 15 is 0 Å². The lowest BCUT2D eigenvalue weighted by Gasteiger charge is -1.92. The largest absolute Gasteiger partial charge is 0.151 e. The summed E-state index contributed by atoms with van der Waals surface area (Å²) in [4.78, 5) is 0. The lowest BCUT2D eigenvalue weighted by molar-refractivity contribution is 1.23. The molecule has 2 nitrogen and oxygen atoms in total. The molecule has 136 valence electrons. The standard InChI is InChI=1S/C14H12.C12H10N2/c1-3-7-13(8-4-1)11-12-14-9-5-2-6-10-14;1-3-7-11(8-4-1)13-14-12-9-5-2-6-10-12/h1-12H;1-10H. The summed E-state index contributed by atoms with van der Waals surface area (Å²) in [5, 5.41) is 8.20. The third-order valence-corrected chi connectivity index (χ3v) is 3.86. The Bertz CT molecular complexity index is 810. The van der Waals surface area contributed by atoms with E-state index in [1.165, 1.54) is 11.1 Å². The third-order valence-electron chi connectivity index (χ3n) is 3.86. The molecule has 0 bridgehead atoms. The first kappa shape index (κ1) is 19.0. The molecule has 0 aliphatic heterocycles. The number of hydrogen-bond acceptors (Lipinski definition) is 2. The van der Waals surface area contributed by atoms with Crippen molar-refractivity contribution in [2.75, 3.05) is 0 Å². The van der Waals surface area contributed by atoms with Gasteiger partial charge in [0.1, 0.15) is 0 Å². The fourth-order valence-corrected chi connectivity index (χ4v) is 2.43. The Morgan fingerprint density at radius 3 is 0.964 bits per heavy atom. The highest BCUT2D eigenvalue weighted by Crippen LogP contribution is 2.16. The molecule has 0 radical (unpaired) electrons. The molecule has 0 N–H and O–H groups in total. The number of rotatable bonds is 4. The molecule has 0 spiro atoms. The van der Waals surface area contributed by atoms with Crippen molar-refractivity contribution >= 4 is 23.5 Å². The Morgan fingerprint density at radius 2 is 0.643 bits per heavy atom. The monoisotopic (exact) mass is 362 g/mol. The highest BCUT2D eigenvalue weighted by atomic mass is 15.1. The van der Waals surface area contributed by atoms with Crippen LogP contribution in [0.4, 0.5) is 11.4 Å². The number of azo groups is 1. The van der Waals surface area contributed by atoms with Crippen LogP contribution in [0.3, 0.4) is 0 Å². The Labute approximate surface area is 166 Å². The molecule has 0 amide bonds. The molecule has 0 atom stereocenters. The van der Waals surface area contributed by atoms with Gasteiger partial charge in [0.05, 0.1) is 11.4 Å². The van der Waals surface area contributed by atoms with Crippen molar-refractivity contribution in [3.63, 3.8) is 0 Å². The minimum Gasteiger partial charge on any atom is -0.151 e. The van der Waals surface area contributed by atoms with Crippen molar-refractivity contribution in [3.8, 4) is 0 Å². The maximum atomic E-state index is 4.10. The third kappa shape index (κ3) is 6.85. The van der Waals surface area contributed by atoms with Gasteiger partial charge in [-0.15, -0.1) is 0 Å². The molecule has 4 rings (SSSR count). The number of hydrogen-bond donors (Lipinski definition) is 0. The molecule has 28 heavy (non-hydrogen) atoms. The van der Waals surface area contributed by atoms with E-state index in [2.05, 4.69) is 46.6 Å². The second-order valence-corrected chi connectivity index (χ2v) is 6.03. The van der Waals surface area contributed by atoms with E-state index in [1.807, 2.05) is 97.1 Å². The molecule has 0 aliphatic rings. The molecule has 0 saturated heterocycles. The number of nitrogens with zero attached hydrogens (tertiary/aromatic N) is 2. The van der Waals surface area contributed by atoms with E-state index in [1.54, 1.807) is 0 Å². The summed E-state index contributed by atoms with van der Waals surface area (Å²) < 4.78 is 0. The first-order chi connectivity index (χ1) is 13.9. The van der Waals surface area contributed by atoms with Crippen LogP contribution in [0.15, 0.2) is 132 Å². The van der Waals surface area contributed by atoms with Gasteiger partial charge in [-0.25, -0.2) is 0 Å². The van der Waals surface area contributed by atoms with Crippen molar-refractivity contribution < 1.29 is 0 Å². The van der Waals surface area contributed by atoms with Crippen LogP contribution >= 0.6 is 0 Å². The van der Waals surface area contributed by atoms with E-state index in [0.29, 0.717) is 0 Å². The van der Waals surface area contributed by atoms with Gasteiger partial charge in [-0.05, 0) is 35.4 Å². The average molecular weight is 362 g/mol. The van der Waals surface area contributed by atoms with Crippen LogP contribution in [-0.4, -0.2) is 0 Å². The molecular formula is C26H22N2. The fourth-order valence-electron chi connectivity index (χ4n) is 2.43. The average Bonchev–Trinajstić information content (AvgIpc) is 2.80. The van der Waals surface area contributed by atoms with E-state index < -0.39 is 0 Å². The molecule has 2 heteroatoms. The predicted octanol–water partition coefficient (Wildman–Crippen LogP) is 7.96. The summed E-state index contributed by atoms with van der Waals surface area (Å²) in [6.07, 6.45) is 4.24. The molecular weight excluding hydrogens is 340 g/mol. The van der Waals surface area contributed by atoms with Crippen molar-refractivity contribution in [2.45, 2.75) is 0 Å². The van der Waals surface area contributed by atoms with Gasteiger partial charge < -0.3 is 0 Å². The van der Waals surface area contributed by atoms with Crippen LogP contribution in [0.5, 0.6) is 0 Å². The van der Waals surface area contributed by atoms with Gasteiger partial charge >= 0.3 is 0 Å². The minimum absolute atomic E-state index is 0.872. The number of benzene rings is 4. The maximum Gasteiger partial charge on any atom is 0.0857 e. The molecule has 0 fully saturated rings. The van der Waals surface area contributed by atoms with Crippen LogP contribution in [0.2, 0.25) is 0 Å². The van der Waals surface area contributed by atoms with Gasteiger partial charge in [0.2, 0.25) is 0 Å². The summed E-state index contributed by atoms with van der Waals surface area (Å²) in [5.74, 6) is 0. The van der Waals surface area contributed by atoms with Gasteiger partial charge in [-0.1, -0.05) is 109 Å². The van der Waals surface area contributed by atoms with Gasteiger partial charge in [0.15, 0.2) is 0 Å². The fraction of sp³-hybridized carbons (Fsp3) is 0. The first-order valence-electron chi connectivity index (χ1n) is 9.20.